The number of hydrogen-bond donors (Lipinski definition) is 3. The number of aromatic nitrogens is 6. The fourth-order valence-electron chi connectivity index (χ4n) is 4.61. The van der Waals surface area contributed by atoms with E-state index in [1.165, 1.54) is 77.8 Å². The molecule has 0 saturated heterocycles. The number of nitrogens with zero attached hydrogens (tertiary/aromatic N) is 6. The van der Waals surface area contributed by atoms with Crippen molar-refractivity contribution in [1.29, 1.82) is 0 Å². The summed E-state index contributed by atoms with van der Waals surface area (Å²) in [5.41, 5.74) is 0.972. The minimum absolute atomic E-state index is 0.0119. The monoisotopic (exact) mass is 654 g/mol. The van der Waals surface area contributed by atoms with Crippen molar-refractivity contribution in [2.24, 2.45) is 0 Å². The zero-order valence-electron chi connectivity index (χ0n) is 21.9. The molecular formula is C26H18N6O9S3. The summed E-state index contributed by atoms with van der Waals surface area (Å²) in [7, 11) is -14.1. The van der Waals surface area contributed by atoms with E-state index in [1.807, 2.05) is 0 Å². The van der Waals surface area contributed by atoms with Crippen molar-refractivity contribution in [3.8, 4) is 11.4 Å². The highest BCUT2D eigenvalue weighted by Crippen LogP contribution is 2.30. The van der Waals surface area contributed by atoms with Crippen LogP contribution >= 0.6 is 0 Å². The van der Waals surface area contributed by atoms with Gasteiger partial charge >= 0.3 is 0 Å². The van der Waals surface area contributed by atoms with Gasteiger partial charge in [0.15, 0.2) is 0 Å². The van der Waals surface area contributed by atoms with Crippen molar-refractivity contribution < 1.29 is 38.9 Å². The molecule has 0 amide bonds. The van der Waals surface area contributed by atoms with E-state index in [4.69, 9.17) is 0 Å². The highest BCUT2D eigenvalue weighted by molar-refractivity contribution is 7.86. The van der Waals surface area contributed by atoms with E-state index in [0.717, 1.165) is 16.9 Å². The largest absolute Gasteiger partial charge is 0.295 e. The molecule has 6 rings (SSSR count). The molecule has 44 heavy (non-hydrogen) atoms. The van der Waals surface area contributed by atoms with Crippen LogP contribution in [0.5, 0.6) is 0 Å². The number of hydrogen-bond acceptors (Lipinski definition) is 10. The molecule has 4 aromatic carbocycles. The zero-order valence-corrected chi connectivity index (χ0v) is 24.3. The maximum Gasteiger partial charge on any atom is 0.295 e. The fraction of sp³-hybridized carbons (Fsp3) is 0. The number of rotatable bonds is 7. The Labute approximate surface area is 248 Å². The topological polar surface area (TPSA) is 225 Å². The van der Waals surface area contributed by atoms with E-state index in [0.29, 0.717) is 10.9 Å². The molecule has 15 nitrogen and oxygen atoms in total. The molecule has 2 heterocycles. The summed E-state index contributed by atoms with van der Waals surface area (Å²) in [6.07, 6.45) is 5.33. The second-order valence-electron chi connectivity index (χ2n) is 9.32. The van der Waals surface area contributed by atoms with E-state index < -0.39 is 40.1 Å². The summed E-state index contributed by atoms with van der Waals surface area (Å²) in [6, 6.07) is 15.1. The molecule has 0 fully saturated rings. The predicted octanol–water partition coefficient (Wildman–Crippen LogP) is 3.06. The SMILES string of the molecule is O=S(=O)(O)c1cc(-n2ccnn2)ccc1/C=C/c1ccc(-n2nc3ccc4c(S(=O)(=O)O)cccc4c3n2)cc1S(=O)(=O)O. The van der Waals surface area contributed by atoms with Gasteiger partial charge in [0.25, 0.3) is 30.4 Å². The van der Waals surface area contributed by atoms with Crippen molar-refractivity contribution in [2.75, 3.05) is 0 Å². The highest BCUT2D eigenvalue weighted by atomic mass is 32.2. The molecule has 0 bridgehead atoms. The van der Waals surface area contributed by atoms with Crippen molar-refractivity contribution >= 4 is 64.3 Å². The van der Waals surface area contributed by atoms with Crippen molar-refractivity contribution in [3.63, 3.8) is 0 Å². The Morgan fingerprint density at radius 2 is 1.25 bits per heavy atom. The van der Waals surface area contributed by atoms with Crippen LogP contribution in [0.25, 0.3) is 45.3 Å². The van der Waals surface area contributed by atoms with Crippen molar-refractivity contribution in [3.05, 3.63) is 90.3 Å². The van der Waals surface area contributed by atoms with Crippen molar-refractivity contribution in [1.82, 2.24) is 30.0 Å². The van der Waals surface area contributed by atoms with Gasteiger partial charge in [-0.2, -0.15) is 30.0 Å². The molecule has 0 aliphatic carbocycles. The lowest BCUT2D eigenvalue weighted by Crippen LogP contribution is -2.05. The number of fused-ring (bicyclic) bond motifs is 3. The van der Waals surface area contributed by atoms with Crippen LogP contribution in [0.4, 0.5) is 0 Å². The molecule has 0 aliphatic rings. The Morgan fingerprint density at radius 1 is 0.636 bits per heavy atom. The van der Waals surface area contributed by atoms with Gasteiger partial charge in [-0.1, -0.05) is 47.7 Å². The standard InChI is InChI=1S/C26H18N6O9S3/c33-42(34,35)23-3-1-2-21-20(23)10-11-22-26(21)29-32(28-22)19-9-7-17(25(15-19)44(39,40)41)5-4-16-6-8-18(31-13-12-27-30-31)14-24(16)43(36,37)38/h1-15H,(H,33,34,35)(H,36,37,38)(H,39,40,41)/b5-4+. The fourth-order valence-corrected chi connectivity index (χ4v) is 6.72. The molecule has 18 heteroatoms. The molecule has 0 unspecified atom stereocenters. The third-order valence-electron chi connectivity index (χ3n) is 6.56. The molecule has 0 atom stereocenters. The van der Waals surface area contributed by atoms with Crippen LogP contribution in [-0.2, 0) is 30.4 Å². The summed E-state index contributed by atoms with van der Waals surface area (Å²) >= 11 is 0. The smallest absolute Gasteiger partial charge is 0.282 e. The quantitative estimate of drug-likeness (QED) is 0.166. The second kappa shape index (κ2) is 10.4. The van der Waals surface area contributed by atoms with Crippen LogP contribution in [-0.4, -0.2) is 68.9 Å². The Balaban J connectivity index is 1.43. The Morgan fingerprint density at radius 3 is 1.84 bits per heavy atom. The first kappa shape index (κ1) is 29.2. The minimum Gasteiger partial charge on any atom is -0.282 e. The predicted molar refractivity (Wildman–Crippen MR) is 156 cm³/mol. The first-order valence-corrected chi connectivity index (χ1v) is 16.6. The maximum absolute atomic E-state index is 12.4. The lowest BCUT2D eigenvalue weighted by atomic mass is 10.1. The van der Waals surface area contributed by atoms with E-state index in [2.05, 4.69) is 20.5 Å². The molecule has 224 valence electrons. The molecule has 2 aromatic heterocycles. The van der Waals surface area contributed by atoms with E-state index in [-0.39, 0.29) is 38.3 Å². The molecular weight excluding hydrogens is 637 g/mol. The molecule has 0 radical (unpaired) electrons. The number of benzene rings is 4. The third kappa shape index (κ3) is 5.48. The normalized spacial score (nSPS) is 12.9. The molecule has 0 aliphatic heterocycles. The lowest BCUT2D eigenvalue weighted by molar-refractivity contribution is 0.480. The Bertz CT molecular complexity index is 2470. The average Bonchev–Trinajstić information content (AvgIpc) is 3.65. The van der Waals surface area contributed by atoms with Crippen LogP contribution in [0.1, 0.15) is 11.1 Å². The van der Waals surface area contributed by atoms with Gasteiger partial charge in [0.05, 0.1) is 23.8 Å². The lowest BCUT2D eigenvalue weighted by Gasteiger charge is -2.08. The summed E-state index contributed by atoms with van der Waals surface area (Å²) in [4.78, 5) is -0.269. The van der Waals surface area contributed by atoms with Gasteiger partial charge in [0.2, 0.25) is 0 Å². The average molecular weight is 655 g/mol. The van der Waals surface area contributed by atoms with E-state index in [9.17, 15) is 38.9 Å². The van der Waals surface area contributed by atoms with Crippen LogP contribution in [0.2, 0.25) is 0 Å². The first-order chi connectivity index (χ1) is 20.7. The van der Waals surface area contributed by atoms with Crippen LogP contribution in [0.3, 0.4) is 0 Å². The summed E-state index contributed by atoms with van der Waals surface area (Å²) in [5, 5.41) is 16.7. The molecule has 0 saturated carbocycles. The minimum atomic E-state index is -4.83. The van der Waals surface area contributed by atoms with Gasteiger partial charge in [-0.15, -0.1) is 15.3 Å². The highest BCUT2D eigenvalue weighted by Gasteiger charge is 2.20. The zero-order chi connectivity index (χ0) is 31.4. The Kier molecular flexibility index (Phi) is 6.91. The van der Waals surface area contributed by atoms with Gasteiger partial charge in [0, 0.05) is 10.8 Å². The third-order valence-corrected chi connectivity index (χ3v) is 9.29. The van der Waals surface area contributed by atoms with E-state index in [1.54, 1.807) is 6.07 Å². The van der Waals surface area contributed by atoms with Crippen molar-refractivity contribution in [2.45, 2.75) is 14.7 Å². The summed E-state index contributed by atoms with van der Waals surface area (Å²) < 4.78 is 103. The summed E-state index contributed by atoms with van der Waals surface area (Å²) in [5.74, 6) is 0. The molecule has 0 spiro atoms. The van der Waals surface area contributed by atoms with Gasteiger partial charge in [-0.05, 0) is 47.5 Å². The maximum atomic E-state index is 12.4. The van der Waals surface area contributed by atoms with Crippen LogP contribution in [0.15, 0.2) is 93.8 Å². The van der Waals surface area contributed by atoms with E-state index >= 15 is 0 Å². The Hall–Kier alpha value is -4.85. The molecule has 6 aromatic rings. The van der Waals surface area contributed by atoms with Gasteiger partial charge < -0.3 is 0 Å². The summed E-state index contributed by atoms with van der Waals surface area (Å²) in [6.45, 7) is 0. The van der Waals surface area contributed by atoms with Gasteiger partial charge in [-0.3, -0.25) is 13.7 Å². The van der Waals surface area contributed by atoms with Gasteiger partial charge in [0.1, 0.15) is 25.7 Å². The molecule has 3 N–H and O–H groups in total. The first-order valence-electron chi connectivity index (χ1n) is 12.2. The van der Waals surface area contributed by atoms with Gasteiger partial charge in [-0.25, -0.2) is 4.68 Å². The second-order valence-corrected chi connectivity index (χ2v) is 13.5. The van der Waals surface area contributed by atoms with Crippen LogP contribution < -0.4 is 0 Å². The van der Waals surface area contributed by atoms with Crippen LogP contribution in [0, 0.1) is 0 Å².